The Morgan fingerprint density at radius 2 is 2.00 bits per heavy atom. The normalized spacial score (nSPS) is 11.5. The minimum atomic E-state index is -0.454. The topological polar surface area (TPSA) is 50.4 Å². The van der Waals surface area contributed by atoms with Gasteiger partial charge < -0.3 is 15.4 Å². The molecule has 26 heavy (non-hydrogen) atoms. The fourth-order valence-corrected chi connectivity index (χ4v) is 2.73. The average Bonchev–Trinajstić information content (AvgIpc) is 2.60. The largest absolute Gasteiger partial charge is 0.383 e. The Balaban J connectivity index is 0.00000338. The number of methoxy groups -OCH3 is 1. The predicted octanol–water partition coefficient (Wildman–Crippen LogP) is 3.65. The Labute approximate surface area is 164 Å². The second-order valence-corrected chi connectivity index (χ2v) is 6.11. The van der Waals surface area contributed by atoms with Gasteiger partial charge in [-0.2, -0.15) is 0 Å². The van der Waals surface area contributed by atoms with Crippen LogP contribution in [0.3, 0.4) is 0 Å². The summed E-state index contributed by atoms with van der Waals surface area (Å²) < 4.78 is 18.5. The molecule has 1 atom stereocenters. The molecule has 142 valence electrons. The highest BCUT2D eigenvalue weighted by Gasteiger charge is 2.19. The lowest BCUT2D eigenvalue weighted by Gasteiger charge is -2.21. The predicted molar refractivity (Wildman–Crippen MR) is 105 cm³/mol. The maximum absolute atomic E-state index is 13.6. The van der Waals surface area contributed by atoms with Crippen molar-refractivity contribution in [2.45, 2.75) is 13.0 Å². The summed E-state index contributed by atoms with van der Waals surface area (Å²) in [6.45, 7) is 2.95. The molecule has 0 aliphatic rings. The number of hydrogen-bond donors (Lipinski definition) is 2. The fourth-order valence-electron chi connectivity index (χ4n) is 2.49. The van der Waals surface area contributed by atoms with Gasteiger partial charge in [-0.15, -0.1) is 12.4 Å². The molecular formula is C19H23Cl2FN2O2. The van der Waals surface area contributed by atoms with Crippen molar-refractivity contribution in [3.05, 3.63) is 70.0 Å². The average molecular weight is 401 g/mol. The first-order valence-corrected chi connectivity index (χ1v) is 8.40. The van der Waals surface area contributed by atoms with Crippen molar-refractivity contribution >= 4 is 29.9 Å². The van der Waals surface area contributed by atoms with Crippen molar-refractivity contribution in [2.24, 2.45) is 0 Å². The van der Waals surface area contributed by atoms with E-state index in [9.17, 15) is 9.18 Å². The van der Waals surface area contributed by atoms with Crippen LogP contribution in [0.5, 0.6) is 0 Å². The molecule has 1 unspecified atom stereocenters. The van der Waals surface area contributed by atoms with Crippen molar-refractivity contribution in [3.8, 4) is 0 Å². The Hall–Kier alpha value is -1.66. The van der Waals surface area contributed by atoms with Gasteiger partial charge in [-0.3, -0.25) is 4.79 Å². The van der Waals surface area contributed by atoms with Gasteiger partial charge >= 0.3 is 0 Å². The maximum atomic E-state index is 13.6. The van der Waals surface area contributed by atoms with Gasteiger partial charge in [0.1, 0.15) is 5.82 Å². The van der Waals surface area contributed by atoms with Crippen LogP contribution in [-0.2, 0) is 9.53 Å². The molecule has 0 saturated heterocycles. The first kappa shape index (κ1) is 22.4. The quantitative estimate of drug-likeness (QED) is 0.664. The molecule has 2 aromatic carbocycles. The van der Waals surface area contributed by atoms with Crippen LogP contribution in [0.1, 0.15) is 22.7 Å². The third kappa shape index (κ3) is 6.25. The SMILES string of the molecule is COCCNCC(=O)NC(c1ccc(F)c(C)c1)c1ccccc1Cl.Cl. The van der Waals surface area contributed by atoms with Crippen LogP contribution in [0.2, 0.25) is 5.02 Å². The number of rotatable bonds is 8. The van der Waals surface area contributed by atoms with Crippen LogP contribution in [0.15, 0.2) is 42.5 Å². The third-order valence-electron chi connectivity index (χ3n) is 3.81. The number of carbonyl (C=O) groups excluding carboxylic acids is 1. The van der Waals surface area contributed by atoms with Crippen LogP contribution >= 0.6 is 24.0 Å². The van der Waals surface area contributed by atoms with Crippen LogP contribution in [0.4, 0.5) is 4.39 Å². The Morgan fingerprint density at radius 1 is 1.27 bits per heavy atom. The van der Waals surface area contributed by atoms with Gasteiger partial charge in [0.05, 0.1) is 19.2 Å². The van der Waals surface area contributed by atoms with Crippen LogP contribution in [0.25, 0.3) is 0 Å². The van der Waals surface area contributed by atoms with Crippen LogP contribution in [-0.4, -0.2) is 32.7 Å². The highest BCUT2D eigenvalue weighted by atomic mass is 35.5. The summed E-state index contributed by atoms with van der Waals surface area (Å²) in [7, 11) is 1.60. The summed E-state index contributed by atoms with van der Waals surface area (Å²) in [5.74, 6) is -0.461. The summed E-state index contributed by atoms with van der Waals surface area (Å²) in [6, 6.07) is 11.6. The van der Waals surface area contributed by atoms with E-state index in [0.29, 0.717) is 23.7 Å². The summed E-state index contributed by atoms with van der Waals surface area (Å²) >= 11 is 6.31. The molecule has 0 bridgehead atoms. The summed E-state index contributed by atoms with van der Waals surface area (Å²) in [6.07, 6.45) is 0. The van der Waals surface area contributed by atoms with Gasteiger partial charge in [0.15, 0.2) is 0 Å². The number of amides is 1. The zero-order valence-corrected chi connectivity index (χ0v) is 16.3. The van der Waals surface area contributed by atoms with Crippen LogP contribution in [0, 0.1) is 12.7 Å². The van der Waals surface area contributed by atoms with Crippen molar-refractivity contribution < 1.29 is 13.9 Å². The van der Waals surface area contributed by atoms with E-state index in [1.54, 1.807) is 32.2 Å². The zero-order chi connectivity index (χ0) is 18.2. The highest BCUT2D eigenvalue weighted by molar-refractivity contribution is 6.31. The number of benzene rings is 2. The number of hydrogen-bond acceptors (Lipinski definition) is 3. The van der Waals surface area contributed by atoms with E-state index in [1.165, 1.54) is 6.07 Å². The molecular weight excluding hydrogens is 378 g/mol. The summed E-state index contributed by atoms with van der Waals surface area (Å²) in [4.78, 5) is 12.3. The minimum Gasteiger partial charge on any atom is -0.383 e. The molecule has 0 aliphatic heterocycles. The van der Waals surface area contributed by atoms with Crippen molar-refractivity contribution in [1.82, 2.24) is 10.6 Å². The van der Waals surface area contributed by atoms with Gasteiger partial charge in [0.2, 0.25) is 5.91 Å². The molecule has 4 nitrogen and oxygen atoms in total. The molecule has 0 aliphatic carbocycles. The molecule has 7 heteroatoms. The van der Waals surface area contributed by atoms with Gasteiger partial charge in [-0.05, 0) is 35.7 Å². The Bertz CT molecular complexity index is 728. The number of carbonyl (C=O) groups is 1. The fraction of sp³-hybridized carbons (Fsp3) is 0.316. The lowest BCUT2D eigenvalue weighted by molar-refractivity contribution is -0.120. The number of aryl methyl sites for hydroxylation is 1. The Kier molecular flexibility index (Phi) is 9.59. The first-order chi connectivity index (χ1) is 12.0. The molecule has 0 heterocycles. The van der Waals surface area contributed by atoms with E-state index < -0.39 is 6.04 Å². The van der Waals surface area contributed by atoms with E-state index in [4.69, 9.17) is 16.3 Å². The smallest absolute Gasteiger partial charge is 0.234 e. The van der Waals surface area contributed by atoms with E-state index >= 15 is 0 Å². The van der Waals surface area contributed by atoms with Gasteiger partial charge in [-0.1, -0.05) is 41.9 Å². The van der Waals surface area contributed by atoms with Gasteiger partial charge in [0, 0.05) is 18.7 Å². The lowest BCUT2D eigenvalue weighted by atomic mass is 9.97. The zero-order valence-electron chi connectivity index (χ0n) is 14.7. The number of ether oxygens (including phenoxy) is 1. The minimum absolute atomic E-state index is 0. The van der Waals surface area contributed by atoms with E-state index in [0.717, 1.165) is 11.1 Å². The number of halogens is 3. The Morgan fingerprint density at radius 3 is 2.65 bits per heavy atom. The molecule has 2 N–H and O–H groups in total. The van der Waals surface area contributed by atoms with E-state index in [-0.39, 0.29) is 30.7 Å². The van der Waals surface area contributed by atoms with E-state index in [2.05, 4.69) is 10.6 Å². The monoisotopic (exact) mass is 400 g/mol. The summed E-state index contributed by atoms with van der Waals surface area (Å²) in [5.41, 5.74) is 2.06. The van der Waals surface area contributed by atoms with Gasteiger partial charge in [0.25, 0.3) is 0 Å². The van der Waals surface area contributed by atoms with Crippen molar-refractivity contribution in [3.63, 3.8) is 0 Å². The standard InChI is InChI=1S/C19H22ClFN2O2.ClH/c1-13-11-14(7-8-17(13)21)19(15-5-3-4-6-16(15)20)23-18(24)12-22-9-10-25-2;/h3-8,11,19,22H,9-10,12H2,1-2H3,(H,23,24);1H. The van der Waals surface area contributed by atoms with E-state index in [1.807, 2.05) is 18.2 Å². The van der Waals surface area contributed by atoms with Crippen molar-refractivity contribution in [2.75, 3.05) is 26.8 Å². The molecule has 0 spiro atoms. The molecule has 2 aromatic rings. The second kappa shape index (κ2) is 11.1. The molecule has 0 aromatic heterocycles. The molecule has 0 saturated carbocycles. The highest BCUT2D eigenvalue weighted by Crippen LogP contribution is 2.29. The molecule has 2 rings (SSSR count). The molecule has 1 amide bonds. The van der Waals surface area contributed by atoms with Gasteiger partial charge in [-0.25, -0.2) is 4.39 Å². The first-order valence-electron chi connectivity index (χ1n) is 8.02. The molecule has 0 radical (unpaired) electrons. The third-order valence-corrected chi connectivity index (χ3v) is 4.15. The maximum Gasteiger partial charge on any atom is 0.234 e. The number of nitrogens with one attached hydrogen (secondary N) is 2. The molecule has 0 fully saturated rings. The summed E-state index contributed by atoms with van der Waals surface area (Å²) in [5, 5.41) is 6.51. The lowest BCUT2D eigenvalue weighted by Crippen LogP contribution is -2.37. The van der Waals surface area contributed by atoms with Crippen LogP contribution < -0.4 is 10.6 Å². The second-order valence-electron chi connectivity index (χ2n) is 5.70. The van der Waals surface area contributed by atoms with Crippen molar-refractivity contribution in [1.29, 1.82) is 0 Å².